The van der Waals surface area contributed by atoms with Crippen LogP contribution in [-0.2, 0) is 16.0 Å². The molecule has 29 heavy (non-hydrogen) atoms. The fourth-order valence-corrected chi connectivity index (χ4v) is 3.33. The van der Waals surface area contributed by atoms with E-state index in [0.29, 0.717) is 35.0 Å². The number of nitrogens with zero attached hydrogens (tertiary/aromatic N) is 1. The highest BCUT2D eigenvalue weighted by molar-refractivity contribution is 6.06. The number of fused-ring (bicyclic) bond motifs is 1. The molecule has 0 saturated heterocycles. The zero-order valence-corrected chi connectivity index (χ0v) is 16.9. The van der Waals surface area contributed by atoms with Gasteiger partial charge in [0.15, 0.2) is 11.5 Å². The topological polar surface area (TPSA) is 86.3 Å². The third-order valence-electron chi connectivity index (χ3n) is 4.73. The summed E-state index contributed by atoms with van der Waals surface area (Å²) in [6.45, 7) is 0.614. The van der Waals surface area contributed by atoms with Crippen LogP contribution in [0.1, 0.15) is 15.9 Å². The van der Waals surface area contributed by atoms with E-state index in [9.17, 15) is 9.59 Å². The van der Waals surface area contributed by atoms with Gasteiger partial charge in [0, 0.05) is 30.6 Å². The van der Waals surface area contributed by atoms with Crippen molar-refractivity contribution in [1.82, 2.24) is 0 Å². The Morgan fingerprint density at radius 3 is 2.28 bits per heavy atom. The minimum atomic E-state index is -0.336. The van der Waals surface area contributed by atoms with Gasteiger partial charge in [-0.1, -0.05) is 6.07 Å². The molecule has 8 heteroatoms. The van der Waals surface area contributed by atoms with Crippen molar-refractivity contribution in [2.75, 3.05) is 51.8 Å². The van der Waals surface area contributed by atoms with Crippen LogP contribution in [0.2, 0.25) is 0 Å². The molecule has 0 bridgehead atoms. The lowest BCUT2D eigenvalue weighted by Crippen LogP contribution is -2.32. The van der Waals surface area contributed by atoms with Crippen molar-refractivity contribution in [2.24, 2.45) is 0 Å². The summed E-state index contributed by atoms with van der Waals surface area (Å²) >= 11 is 0. The molecule has 0 spiro atoms. The Morgan fingerprint density at radius 2 is 1.69 bits per heavy atom. The van der Waals surface area contributed by atoms with Gasteiger partial charge in [-0.15, -0.1) is 0 Å². The molecule has 8 nitrogen and oxygen atoms in total. The Balaban J connectivity index is 1.85. The number of carbonyl (C=O) groups excluding carboxylic acids is 2. The van der Waals surface area contributed by atoms with Crippen molar-refractivity contribution in [2.45, 2.75) is 6.42 Å². The third-order valence-corrected chi connectivity index (χ3v) is 4.73. The van der Waals surface area contributed by atoms with Crippen LogP contribution in [0.3, 0.4) is 0 Å². The molecule has 0 atom stereocenters. The summed E-state index contributed by atoms with van der Waals surface area (Å²) < 4.78 is 20.8. The molecule has 2 amide bonds. The maximum atomic E-state index is 12.8. The number of hydrogen-bond donors (Lipinski definition) is 1. The van der Waals surface area contributed by atoms with Gasteiger partial charge in [0.1, 0.15) is 6.61 Å². The van der Waals surface area contributed by atoms with Crippen LogP contribution in [0.15, 0.2) is 30.3 Å². The highest BCUT2D eigenvalue weighted by atomic mass is 16.5. The lowest BCUT2D eigenvalue weighted by Gasteiger charge is -2.18. The summed E-state index contributed by atoms with van der Waals surface area (Å²) in [5, 5.41) is 2.86. The van der Waals surface area contributed by atoms with Crippen molar-refractivity contribution < 1.29 is 28.5 Å². The maximum Gasteiger partial charge on any atom is 0.255 e. The predicted molar refractivity (Wildman–Crippen MR) is 108 cm³/mol. The first kappa shape index (κ1) is 20.5. The van der Waals surface area contributed by atoms with Crippen molar-refractivity contribution in [3.63, 3.8) is 0 Å². The number of rotatable bonds is 7. The summed E-state index contributed by atoms with van der Waals surface area (Å²) in [7, 11) is 5.97. The second-order valence-electron chi connectivity index (χ2n) is 6.44. The van der Waals surface area contributed by atoms with Gasteiger partial charge < -0.3 is 29.2 Å². The van der Waals surface area contributed by atoms with Gasteiger partial charge >= 0.3 is 0 Å². The number of carbonyl (C=O) groups is 2. The van der Waals surface area contributed by atoms with E-state index in [-0.39, 0.29) is 18.4 Å². The van der Waals surface area contributed by atoms with E-state index in [1.165, 1.54) is 28.4 Å². The van der Waals surface area contributed by atoms with E-state index < -0.39 is 0 Å². The maximum absolute atomic E-state index is 12.8. The van der Waals surface area contributed by atoms with E-state index in [4.69, 9.17) is 18.9 Å². The van der Waals surface area contributed by atoms with E-state index in [0.717, 1.165) is 17.7 Å². The number of amides is 2. The molecule has 3 rings (SSSR count). The van der Waals surface area contributed by atoms with Crippen molar-refractivity contribution >= 4 is 23.2 Å². The zero-order valence-electron chi connectivity index (χ0n) is 16.9. The average molecular weight is 400 g/mol. The molecule has 1 aliphatic heterocycles. The number of anilines is 2. The lowest BCUT2D eigenvalue weighted by molar-refractivity contribution is -0.122. The van der Waals surface area contributed by atoms with Crippen LogP contribution in [-0.4, -0.2) is 53.4 Å². The van der Waals surface area contributed by atoms with Gasteiger partial charge in [0.2, 0.25) is 5.75 Å². The van der Waals surface area contributed by atoms with Crippen LogP contribution in [0.25, 0.3) is 0 Å². The number of nitrogens with one attached hydrogen (secondary N) is 1. The molecule has 0 radical (unpaired) electrons. The van der Waals surface area contributed by atoms with Crippen molar-refractivity contribution in [3.8, 4) is 17.2 Å². The van der Waals surface area contributed by atoms with Crippen LogP contribution >= 0.6 is 0 Å². The van der Waals surface area contributed by atoms with Gasteiger partial charge in [0.25, 0.3) is 11.8 Å². The van der Waals surface area contributed by atoms with Gasteiger partial charge in [0.05, 0.1) is 21.3 Å². The standard InChI is InChI=1S/C21H24N2O6/c1-26-12-19(24)23-8-7-13-5-6-15(11-16(13)23)22-21(25)14-9-17(27-2)20(29-4)18(10-14)28-3/h5-6,9-11H,7-8,12H2,1-4H3,(H,22,25). The van der Waals surface area contributed by atoms with E-state index in [1.54, 1.807) is 23.1 Å². The molecule has 1 N–H and O–H groups in total. The Labute approximate surface area is 169 Å². The first-order valence-corrected chi connectivity index (χ1v) is 9.06. The SMILES string of the molecule is COCC(=O)N1CCc2ccc(NC(=O)c3cc(OC)c(OC)c(OC)c3)cc21. The molecule has 2 aromatic carbocycles. The minimum absolute atomic E-state index is 0.0153. The fraction of sp³-hybridized carbons (Fsp3) is 0.333. The van der Waals surface area contributed by atoms with Crippen LogP contribution in [0.5, 0.6) is 17.2 Å². The van der Waals surface area contributed by atoms with Crippen molar-refractivity contribution in [3.05, 3.63) is 41.5 Å². The minimum Gasteiger partial charge on any atom is -0.493 e. The van der Waals surface area contributed by atoms with E-state index in [1.807, 2.05) is 12.1 Å². The number of hydrogen-bond acceptors (Lipinski definition) is 6. The highest BCUT2D eigenvalue weighted by Gasteiger charge is 2.25. The molecular formula is C21H24N2O6. The molecule has 154 valence electrons. The fourth-order valence-electron chi connectivity index (χ4n) is 3.33. The summed E-state index contributed by atoms with van der Waals surface area (Å²) in [6.07, 6.45) is 0.770. The summed E-state index contributed by atoms with van der Waals surface area (Å²) in [5.41, 5.74) is 2.78. The van der Waals surface area contributed by atoms with Crippen molar-refractivity contribution in [1.29, 1.82) is 0 Å². The summed E-state index contributed by atoms with van der Waals surface area (Å²) in [6, 6.07) is 8.70. The van der Waals surface area contributed by atoms with Crippen LogP contribution in [0.4, 0.5) is 11.4 Å². The molecule has 1 heterocycles. The molecule has 2 aromatic rings. The van der Waals surface area contributed by atoms with Gasteiger partial charge in [-0.3, -0.25) is 9.59 Å². The normalized spacial score (nSPS) is 12.3. The van der Waals surface area contributed by atoms with Gasteiger partial charge in [-0.05, 0) is 36.2 Å². The predicted octanol–water partition coefficient (Wildman–Crippen LogP) is 2.50. The molecule has 0 aliphatic carbocycles. The second kappa shape index (κ2) is 8.83. The highest BCUT2D eigenvalue weighted by Crippen LogP contribution is 2.38. The molecule has 0 unspecified atom stereocenters. The second-order valence-corrected chi connectivity index (χ2v) is 6.44. The lowest BCUT2D eigenvalue weighted by atomic mass is 10.1. The van der Waals surface area contributed by atoms with E-state index in [2.05, 4.69) is 5.32 Å². The first-order chi connectivity index (χ1) is 14.0. The summed E-state index contributed by atoms with van der Waals surface area (Å²) in [5.74, 6) is 0.747. The van der Waals surface area contributed by atoms with Crippen LogP contribution < -0.4 is 24.4 Å². The smallest absolute Gasteiger partial charge is 0.255 e. The van der Waals surface area contributed by atoms with Gasteiger partial charge in [-0.25, -0.2) is 0 Å². The van der Waals surface area contributed by atoms with Gasteiger partial charge in [-0.2, -0.15) is 0 Å². The molecule has 1 aliphatic rings. The Hall–Kier alpha value is -3.26. The average Bonchev–Trinajstić information content (AvgIpc) is 3.16. The zero-order chi connectivity index (χ0) is 21.0. The largest absolute Gasteiger partial charge is 0.493 e. The molecule has 0 fully saturated rings. The number of methoxy groups -OCH3 is 4. The molecule has 0 saturated carbocycles. The third kappa shape index (κ3) is 4.12. The first-order valence-electron chi connectivity index (χ1n) is 9.06. The Bertz CT molecular complexity index is 902. The Morgan fingerprint density at radius 1 is 1.00 bits per heavy atom. The molecule has 0 aromatic heterocycles. The monoisotopic (exact) mass is 400 g/mol. The summed E-state index contributed by atoms with van der Waals surface area (Å²) in [4.78, 5) is 26.7. The number of benzene rings is 2. The Kier molecular flexibility index (Phi) is 6.23. The number of ether oxygens (including phenoxy) is 4. The quantitative estimate of drug-likeness (QED) is 0.769. The van der Waals surface area contributed by atoms with E-state index >= 15 is 0 Å². The van der Waals surface area contributed by atoms with Crippen LogP contribution in [0, 0.1) is 0 Å². The molecular weight excluding hydrogens is 376 g/mol.